The first kappa shape index (κ1) is 12.3. The Labute approximate surface area is 113 Å². The van der Waals surface area contributed by atoms with Crippen molar-refractivity contribution in [3.63, 3.8) is 0 Å². The number of H-pyrrole nitrogens is 1. The van der Waals surface area contributed by atoms with Crippen molar-refractivity contribution >= 4 is 16.8 Å². The molecule has 1 amide bonds. The van der Waals surface area contributed by atoms with Crippen LogP contribution in [-0.2, 0) is 0 Å². The Morgan fingerprint density at radius 3 is 3.05 bits per heavy atom. The van der Waals surface area contributed by atoms with Gasteiger partial charge in [0.05, 0.1) is 0 Å². The lowest BCUT2D eigenvalue weighted by molar-refractivity contribution is 0.0944. The number of hydrogen-bond donors (Lipinski definition) is 2. The lowest BCUT2D eigenvalue weighted by Gasteiger charge is -2.15. The highest BCUT2D eigenvalue weighted by Crippen LogP contribution is 2.30. The third kappa shape index (κ3) is 2.50. The molecule has 2 aromatic rings. The van der Waals surface area contributed by atoms with Crippen LogP contribution < -0.4 is 5.32 Å². The number of benzene rings is 1. The van der Waals surface area contributed by atoms with Crippen LogP contribution in [0, 0.1) is 11.8 Å². The Hall–Kier alpha value is -1.77. The molecule has 2 unspecified atom stereocenters. The van der Waals surface area contributed by atoms with Gasteiger partial charge >= 0.3 is 0 Å². The van der Waals surface area contributed by atoms with Gasteiger partial charge in [0.15, 0.2) is 0 Å². The van der Waals surface area contributed by atoms with E-state index in [1.807, 2.05) is 30.5 Å². The fourth-order valence-corrected chi connectivity index (χ4v) is 3.04. The van der Waals surface area contributed by atoms with Crippen molar-refractivity contribution in [3.8, 4) is 0 Å². The summed E-state index contributed by atoms with van der Waals surface area (Å²) >= 11 is 0. The smallest absolute Gasteiger partial charge is 0.251 e. The van der Waals surface area contributed by atoms with E-state index in [0.717, 1.165) is 28.9 Å². The number of amides is 1. The summed E-state index contributed by atoms with van der Waals surface area (Å²) in [4.78, 5) is 15.3. The van der Waals surface area contributed by atoms with E-state index in [1.54, 1.807) is 0 Å². The van der Waals surface area contributed by atoms with Crippen molar-refractivity contribution in [2.45, 2.75) is 26.2 Å². The molecular weight excluding hydrogens is 236 g/mol. The maximum absolute atomic E-state index is 12.1. The Bertz CT molecular complexity index is 587. The van der Waals surface area contributed by atoms with Crippen molar-refractivity contribution in [1.29, 1.82) is 0 Å². The van der Waals surface area contributed by atoms with Crippen LogP contribution in [0.3, 0.4) is 0 Å². The first-order chi connectivity index (χ1) is 9.24. The summed E-state index contributed by atoms with van der Waals surface area (Å²) in [5.74, 6) is 1.43. The second-order valence-electron chi connectivity index (χ2n) is 5.66. The topological polar surface area (TPSA) is 44.9 Å². The minimum absolute atomic E-state index is 0.0376. The summed E-state index contributed by atoms with van der Waals surface area (Å²) < 4.78 is 0. The fraction of sp³-hybridized carbons (Fsp3) is 0.438. The molecule has 0 saturated heterocycles. The maximum atomic E-state index is 12.1. The molecule has 0 radical (unpaired) electrons. The number of fused-ring (bicyclic) bond motifs is 1. The first-order valence-corrected chi connectivity index (χ1v) is 7.09. The Kier molecular flexibility index (Phi) is 3.28. The molecule has 0 spiro atoms. The van der Waals surface area contributed by atoms with Gasteiger partial charge in [-0.3, -0.25) is 4.79 Å². The zero-order chi connectivity index (χ0) is 13.2. The van der Waals surface area contributed by atoms with Crippen LogP contribution >= 0.6 is 0 Å². The van der Waals surface area contributed by atoms with Crippen molar-refractivity contribution in [3.05, 3.63) is 36.0 Å². The average molecular weight is 256 g/mol. The van der Waals surface area contributed by atoms with Crippen LogP contribution in [0.1, 0.15) is 36.5 Å². The normalized spacial score (nSPS) is 22.8. The molecule has 1 aromatic heterocycles. The van der Waals surface area contributed by atoms with Crippen molar-refractivity contribution in [2.24, 2.45) is 11.8 Å². The molecule has 3 nitrogen and oxygen atoms in total. The lowest BCUT2D eigenvalue weighted by atomic mass is 9.98. The highest BCUT2D eigenvalue weighted by Gasteiger charge is 2.23. The minimum atomic E-state index is 0.0376. The number of hydrogen-bond acceptors (Lipinski definition) is 1. The van der Waals surface area contributed by atoms with Gasteiger partial charge in [0.1, 0.15) is 0 Å². The largest absolute Gasteiger partial charge is 0.361 e. The van der Waals surface area contributed by atoms with Crippen molar-refractivity contribution in [1.82, 2.24) is 10.3 Å². The van der Waals surface area contributed by atoms with Gasteiger partial charge < -0.3 is 10.3 Å². The molecule has 1 aliphatic carbocycles. The second kappa shape index (κ2) is 5.08. The first-order valence-electron chi connectivity index (χ1n) is 7.09. The molecule has 2 atom stereocenters. The molecule has 1 aromatic carbocycles. The third-order valence-corrected chi connectivity index (χ3v) is 4.38. The van der Waals surface area contributed by atoms with Crippen molar-refractivity contribution in [2.75, 3.05) is 6.54 Å². The molecule has 0 aliphatic heterocycles. The van der Waals surface area contributed by atoms with Gasteiger partial charge in [-0.2, -0.15) is 0 Å². The van der Waals surface area contributed by atoms with E-state index in [4.69, 9.17) is 0 Å². The van der Waals surface area contributed by atoms with E-state index in [0.29, 0.717) is 5.92 Å². The lowest BCUT2D eigenvalue weighted by Crippen LogP contribution is -2.30. The summed E-state index contributed by atoms with van der Waals surface area (Å²) in [6.07, 6.45) is 5.74. The van der Waals surface area contributed by atoms with E-state index in [-0.39, 0.29) is 5.91 Å². The molecule has 3 rings (SSSR count). The number of aromatic nitrogens is 1. The van der Waals surface area contributed by atoms with Gasteiger partial charge in [-0.15, -0.1) is 0 Å². The molecule has 1 heterocycles. The number of nitrogens with one attached hydrogen (secondary N) is 2. The van der Waals surface area contributed by atoms with E-state index in [2.05, 4.69) is 17.2 Å². The van der Waals surface area contributed by atoms with Crippen LogP contribution in [0.15, 0.2) is 30.5 Å². The molecule has 0 bridgehead atoms. The summed E-state index contributed by atoms with van der Waals surface area (Å²) in [6, 6.07) is 7.81. The summed E-state index contributed by atoms with van der Waals surface area (Å²) in [7, 11) is 0. The minimum Gasteiger partial charge on any atom is -0.361 e. The predicted molar refractivity (Wildman–Crippen MR) is 77.1 cm³/mol. The summed E-state index contributed by atoms with van der Waals surface area (Å²) in [5, 5.41) is 4.22. The molecule has 100 valence electrons. The molecular formula is C16H20N2O. The van der Waals surface area contributed by atoms with E-state index in [1.165, 1.54) is 19.3 Å². The SMILES string of the molecule is CC1CCCC1CNC(=O)c1ccc2cc[nH]c2c1. The predicted octanol–water partition coefficient (Wildman–Crippen LogP) is 3.33. The zero-order valence-corrected chi connectivity index (χ0v) is 11.3. The molecule has 2 N–H and O–H groups in total. The van der Waals surface area contributed by atoms with E-state index < -0.39 is 0 Å². The monoisotopic (exact) mass is 256 g/mol. The van der Waals surface area contributed by atoms with Gasteiger partial charge in [0.25, 0.3) is 5.91 Å². The Morgan fingerprint density at radius 2 is 2.26 bits per heavy atom. The number of carbonyl (C=O) groups excluding carboxylic acids is 1. The Balaban J connectivity index is 1.66. The molecule has 1 aliphatic rings. The number of carbonyl (C=O) groups is 1. The molecule has 19 heavy (non-hydrogen) atoms. The number of aromatic amines is 1. The fourth-order valence-electron chi connectivity index (χ4n) is 3.04. The summed E-state index contributed by atoms with van der Waals surface area (Å²) in [5.41, 5.74) is 1.75. The van der Waals surface area contributed by atoms with Crippen LogP contribution in [0.4, 0.5) is 0 Å². The van der Waals surface area contributed by atoms with Gasteiger partial charge in [-0.1, -0.05) is 25.8 Å². The van der Waals surface area contributed by atoms with Gasteiger partial charge in [-0.25, -0.2) is 0 Å². The highest BCUT2D eigenvalue weighted by atomic mass is 16.1. The van der Waals surface area contributed by atoms with Crippen LogP contribution in [-0.4, -0.2) is 17.4 Å². The van der Waals surface area contributed by atoms with Gasteiger partial charge in [0.2, 0.25) is 0 Å². The van der Waals surface area contributed by atoms with E-state index in [9.17, 15) is 4.79 Å². The molecule has 3 heteroatoms. The van der Waals surface area contributed by atoms with Crippen LogP contribution in [0.5, 0.6) is 0 Å². The standard InChI is InChI=1S/C16H20N2O/c1-11-3-2-4-14(11)10-18-16(19)13-6-5-12-7-8-17-15(12)9-13/h5-9,11,14,17H,2-4,10H2,1H3,(H,18,19). The Morgan fingerprint density at radius 1 is 1.37 bits per heavy atom. The summed E-state index contributed by atoms with van der Waals surface area (Å²) in [6.45, 7) is 3.09. The number of rotatable bonds is 3. The second-order valence-corrected chi connectivity index (χ2v) is 5.66. The highest BCUT2D eigenvalue weighted by molar-refractivity contribution is 5.97. The van der Waals surface area contributed by atoms with Gasteiger partial charge in [0, 0.05) is 23.8 Å². The third-order valence-electron chi connectivity index (χ3n) is 4.38. The van der Waals surface area contributed by atoms with E-state index >= 15 is 0 Å². The quantitative estimate of drug-likeness (QED) is 0.869. The van der Waals surface area contributed by atoms with Gasteiger partial charge in [-0.05, 0) is 41.8 Å². The van der Waals surface area contributed by atoms with Crippen LogP contribution in [0.2, 0.25) is 0 Å². The maximum Gasteiger partial charge on any atom is 0.251 e. The van der Waals surface area contributed by atoms with Crippen LogP contribution in [0.25, 0.3) is 10.9 Å². The molecule has 1 saturated carbocycles. The van der Waals surface area contributed by atoms with Crippen molar-refractivity contribution < 1.29 is 4.79 Å². The average Bonchev–Trinajstić information content (AvgIpc) is 3.03. The molecule has 1 fully saturated rings. The zero-order valence-electron chi connectivity index (χ0n) is 11.3.